The van der Waals surface area contributed by atoms with Crippen molar-refractivity contribution < 1.29 is 4.79 Å². The predicted molar refractivity (Wildman–Crippen MR) is 43.4 cm³/mol. The van der Waals surface area contributed by atoms with Crippen molar-refractivity contribution in [2.24, 2.45) is 5.73 Å². The van der Waals surface area contributed by atoms with Crippen molar-refractivity contribution in [2.75, 3.05) is 17.5 Å². The highest BCUT2D eigenvalue weighted by molar-refractivity contribution is 14.1. The van der Waals surface area contributed by atoms with Gasteiger partial charge in [0.05, 0.1) is 4.43 Å². The van der Waals surface area contributed by atoms with Gasteiger partial charge in [-0.3, -0.25) is 4.79 Å². The van der Waals surface area contributed by atoms with Crippen LogP contribution in [0.4, 0.5) is 0 Å². The Labute approximate surface area is 67.7 Å². The van der Waals surface area contributed by atoms with Crippen LogP contribution in [0.1, 0.15) is 0 Å². The third-order valence-electron chi connectivity index (χ3n) is 1.38. The molecular formula is C5H9IN2O. The van der Waals surface area contributed by atoms with Gasteiger partial charge in [-0.15, -0.1) is 0 Å². The van der Waals surface area contributed by atoms with Crippen LogP contribution < -0.4 is 5.73 Å². The van der Waals surface area contributed by atoms with Crippen LogP contribution in [0.25, 0.3) is 0 Å². The Bertz CT molecular complexity index is 122. The third-order valence-corrected chi connectivity index (χ3v) is 2.03. The van der Waals surface area contributed by atoms with E-state index in [1.54, 1.807) is 4.90 Å². The van der Waals surface area contributed by atoms with Crippen molar-refractivity contribution in [3.63, 3.8) is 0 Å². The van der Waals surface area contributed by atoms with E-state index in [-0.39, 0.29) is 11.9 Å². The summed E-state index contributed by atoms with van der Waals surface area (Å²) >= 11 is 2.06. The molecule has 1 rings (SSSR count). The Morgan fingerprint density at radius 3 is 2.67 bits per heavy atom. The molecule has 0 aromatic rings. The van der Waals surface area contributed by atoms with Gasteiger partial charge in [0.25, 0.3) is 0 Å². The summed E-state index contributed by atoms with van der Waals surface area (Å²) in [5.74, 6) is 0.206. The zero-order chi connectivity index (χ0) is 6.85. The summed E-state index contributed by atoms with van der Waals surface area (Å²) in [6.07, 6.45) is 0. The minimum Gasteiger partial charge on any atom is -0.339 e. The first kappa shape index (κ1) is 7.27. The maximum absolute atomic E-state index is 10.8. The first-order valence-corrected chi connectivity index (χ1v) is 4.36. The molecule has 1 amide bonds. The molecule has 0 radical (unpaired) electrons. The number of carbonyl (C=O) groups is 1. The Kier molecular flexibility index (Phi) is 2.29. The Balaban J connectivity index is 2.23. The van der Waals surface area contributed by atoms with Crippen LogP contribution in [0.2, 0.25) is 0 Å². The number of alkyl halides is 1. The first-order valence-electron chi connectivity index (χ1n) is 2.83. The Morgan fingerprint density at radius 2 is 2.33 bits per heavy atom. The lowest BCUT2D eigenvalue weighted by atomic mass is 10.1. The number of rotatable bonds is 1. The van der Waals surface area contributed by atoms with Gasteiger partial charge in [0.2, 0.25) is 5.91 Å². The van der Waals surface area contributed by atoms with E-state index >= 15 is 0 Å². The number of carbonyl (C=O) groups excluding carboxylic acids is 1. The van der Waals surface area contributed by atoms with Crippen LogP contribution in [-0.4, -0.2) is 34.4 Å². The predicted octanol–water partition coefficient (Wildman–Crippen LogP) is -0.409. The van der Waals surface area contributed by atoms with Crippen molar-refractivity contribution in [1.82, 2.24) is 4.90 Å². The molecule has 1 aliphatic heterocycles. The second-order valence-corrected chi connectivity index (χ2v) is 2.96. The molecule has 0 aromatic carbocycles. The third kappa shape index (κ3) is 1.54. The van der Waals surface area contributed by atoms with E-state index in [0.717, 1.165) is 13.1 Å². The van der Waals surface area contributed by atoms with Gasteiger partial charge in [-0.2, -0.15) is 0 Å². The summed E-state index contributed by atoms with van der Waals surface area (Å²) in [6, 6.07) is 0.233. The van der Waals surface area contributed by atoms with Crippen LogP contribution >= 0.6 is 22.6 Å². The lowest BCUT2D eigenvalue weighted by molar-refractivity contribution is -0.132. The molecule has 0 atom stereocenters. The molecule has 0 saturated carbocycles. The molecule has 4 heteroatoms. The van der Waals surface area contributed by atoms with Crippen molar-refractivity contribution in [3.05, 3.63) is 0 Å². The van der Waals surface area contributed by atoms with Crippen molar-refractivity contribution in [3.8, 4) is 0 Å². The molecule has 0 bridgehead atoms. The molecule has 0 aromatic heterocycles. The van der Waals surface area contributed by atoms with Gasteiger partial charge < -0.3 is 10.6 Å². The highest BCUT2D eigenvalue weighted by Gasteiger charge is 2.26. The minimum absolute atomic E-state index is 0.206. The molecule has 52 valence electrons. The summed E-state index contributed by atoms with van der Waals surface area (Å²) in [7, 11) is 0. The summed E-state index contributed by atoms with van der Waals surface area (Å²) in [5, 5.41) is 0. The van der Waals surface area contributed by atoms with Crippen molar-refractivity contribution in [2.45, 2.75) is 6.04 Å². The molecule has 1 heterocycles. The zero-order valence-electron chi connectivity index (χ0n) is 5.01. The van der Waals surface area contributed by atoms with Crippen LogP contribution in [-0.2, 0) is 4.79 Å². The summed E-state index contributed by atoms with van der Waals surface area (Å²) in [5.41, 5.74) is 5.47. The molecule has 3 nitrogen and oxygen atoms in total. The summed E-state index contributed by atoms with van der Waals surface area (Å²) in [4.78, 5) is 12.6. The molecule has 1 fully saturated rings. The lowest BCUT2D eigenvalue weighted by Gasteiger charge is -2.36. The number of nitrogens with two attached hydrogens (primary N) is 1. The van der Waals surface area contributed by atoms with Crippen molar-refractivity contribution >= 4 is 28.5 Å². The molecule has 9 heavy (non-hydrogen) atoms. The zero-order valence-corrected chi connectivity index (χ0v) is 7.17. The molecule has 0 spiro atoms. The SMILES string of the molecule is NC1CN(C(=O)CI)C1. The monoisotopic (exact) mass is 240 g/mol. The van der Waals surface area contributed by atoms with Crippen molar-refractivity contribution in [1.29, 1.82) is 0 Å². The van der Waals surface area contributed by atoms with Gasteiger partial charge >= 0.3 is 0 Å². The standard InChI is InChI=1S/C5H9IN2O/c6-1-5(9)8-2-4(7)3-8/h4H,1-3,7H2. The van der Waals surface area contributed by atoms with Gasteiger partial charge in [-0.05, 0) is 0 Å². The van der Waals surface area contributed by atoms with Gasteiger partial charge in [0.1, 0.15) is 0 Å². The molecule has 0 aliphatic carbocycles. The fourth-order valence-electron chi connectivity index (χ4n) is 0.801. The molecule has 2 N–H and O–H groups in total. The molecule has 0 unspecified atom stereocenters. The van der Waals surface area contributed by atoms with Crippen LogP contribution in [0.15, 0.2) is 0 Å². The Hall–Kier alpha value is 0.160. The maximum Gasteiger partial charge on any atom is 0.232 e. The smallest absolute Gasteiger partial charge is 0.232 e. The Morgan fingerprint density at radius 1 is 1.78 bits per heavy atom. The van der Waals surface area contributed by atoms with Gasteiger partial charge in [0, 0.05) is 19.1 Å². The maximum atomic E-state index is 10.8. The largest absolute Gasteiger partial charge is 0.339 e. The molecular weight excluding hydrogens is 231 g/mol. The average Bonchev–Trinajstić information content (AvgIpc) is 1.79. The van der Waals surface area contributed by atoms with E-state index in [0.29, 0.717) is 4.43 Å². The fraction of sp³-hybridized carbons (Fsp3) is 0.800. The van der Waals surface area contributed by atoms with Gasteiger partial charge in [0.15, 0.2) is 0 Å². The second-order valence-electron chi connectivity index (χ2n) is 2.19. The second kappa shape index (κ2) is 2.83. The van der Waals surface area contributed by atoms with E-state index in [2.05, 4.69) is 22.6 Å². The number of hydrogen-bond donors (Lipinski definition) is 1. The number of nitrogens with zero attached hydrogens (tertiary/aromatic N) is 1. The summed E-state index contributed by atoms with van der Waals surface area (Å²) < 4.78 is 0.574. The van der Waals surface area contributed by atoms with E-state index < -0.39 is 0 Å². The van der Waals surface area contributed by atoms with E-state index in [1.807, 2.05) is 0 Å². The quantitative estimate of drug-likeness (QED) is 0.500. The van der Waals surface area contributed by atoms with Crippen LogP contribution in [0.3, 0.4) is 0 Å². The topological polar surface area (TPSA) is 46.3 Å². The average molecular weight is 240 g/mol. The van der Waals surface area contributed by atoms with E-state index in [4.69, 9.17) is 5.73 Å². The minimum atomic E-state index is 0.206. The normalized spacial score (nSPS) is 19.6. The van der Waals surface area contributed by atoms with E-state index in [1.165, 1.54) is 0 Å². The molecule has 1 saturated heterocycles. The van der Waals surface area contributed by atoms with Crippen LogP contribution in [0, 0.1) is 0 Å². The fourth-order valence-corrected chi connectivity index (χ4v) is 1.28. The number of halogens is 1. The number of amides is 1. The highest BCUT2D eigenvalue weighted by Crippen LogP contribution is 2.05. The molecule has 1 aliphatic rings. The van der Waals surface area contributed by atoms with Gasteiger partial charge in [-0.25, -0.2) is 0 Å². The number of hydrogen-bond acceptors (Lipinski definition) is 2. The first-order chi connectivity index (χ1) is 4.24. The van der Waals surface area contributed by atoms with Gasteiger partial charge in [-0.1, -0.05) is 22.6 Å². The lowest BCUT2D eigenvalue weighted by Crippen LogP contribution is -2.58. The van der Waals surface area contributed by atoms with E-state index in [9.17, 15) is 4.79 Å². The van der Waals surface area contributed by atoms with Crippen LogP contribution in [0.5, 0.6) is 0 Å². The summed E-state index contributed by atoms with van der Waals surface area (Å²) in [6.45, 7) is 1.50. The number of likely N-dealkylation sites (tertiary alicyclic amines) is 1. The highest BCUT2D eigenvalue weighted by atomic mass is 127.